The van der Waals surface area contributed by atoms with E-state index in [2.05, 4.69) is 26.1 Å². The van der Waals surface area contributed by atoms with Gasteiger partial charge in [-0.05, 0) is 60.3 Å². The summed E-state index contributed by atoms with van der Waals surface area (Å²) >= 11 is 4.96. The molecule has 98 valence electrons. The monoisotopic (exact) mass is 328 g/mol. The standard InChI is InChI=1S/C13H17BrN2OS/c14-12-6-5-11(18-12)13(17)16-8-2-4-10(16)9-3-1-7-15-9/h5-6,9-10,15H,1-4,7-8H2. The van der Waals surface area contributed by atoms with Gasteiger partial charge in [0.15, 0.2) is 0 Å². The summed E-state index contributed by atoms with van der Waals surface area (Å²) < 4.78 is 1.03. The van der Waals surface area contributed by atoms with Crippen LogP contribution < -0.4 is 5.32 Å². The normalized spacial score (nSPS) is 27.9. The predicted molar refractivity (Wildman–Crippen MR) is 77.1 cm³/mol. The van der Waals surface area contributed by atoms with Gasteiger partial charge in [0, 0.05) is 18.6 Å². The predicted octanol–water partition coefficient (Wildman–Crippen LogP) is 2.87. The van der Waals surface area contributed by atoms with E-state index in [0.29, 0.717) is 12.1 Å². The van der Waals surface area contributed by atoms with Crippen LogP contribution in [0.15, 0.2) is 15.9 Å². The van der Waals surface area contributed by atoms with Crippen LogP contribution in [0.4, 0.5) is 0 Å². The Balaban J connectivity index is 1.75. The van der Waals surface area contributed by atoms with E-state index in [4.69, 9.17) is 0 Å². The molecule has 18 heavy (non-hydrogen) atoms. The van der Waals surface area contributed by atoms with E-state index in [-0.39, 0.29) is 5.91 Å². The first-order valence-corrected chi connectivity index (χ1v) is 8.16. The van der Waals surface area contributed by atoms with Crippen molar-refractivity contribution in [3.8, 4) is 0 Å². The fraction of sp³-hybridized carbons (Fsp3) is 0.615. The molecule has 0 radical (unpaired) electrons. The van der Waals surface area contributed by atoms with Crippen molar-refractivity contribution in [3.05, 3.63) is 20.8 Å². The molecule has 2 fully saturated rings. The lowest BCUT2D eigenvalue weighted by Crippen LogP contribution is -2.46. The second-order valence-electron chi connectivity index (χ2n) is 5.01. The quantitative estimate of drug-likeness (QED) is 0.905. The van der Waals surface area contributed by atoms with Gasteiger partial charge in [-0.2, -0.15) is 0 Å². The van der Waals surface area contributed by atoms with Gasteiger partial charge in [-0.25, -0.2) is 0 Å². The molecule has 1 aromatic heterocycles. The molecule has 0 spiro atoms. The minimum absolute atomic E-state index is 0.210. The SMILES string of the molecule is O=C(c1ccc(Br)s1)N1CCCC1C1CCCN1. The van der Waals surface area contributed by atoms with Gasteiger partial charge in [0.05, 0.1) is 8.66 Å². The van der Waals surface area contributed by atoms with E-state index < -0.39 is 0 Å². The molecule has 2 atom stereocenters. The lowest BCUT2D eigenvalue weighted by molar-refractivity contribution is 0.0716. The van der Waals surface area contributed by atoms with Gasteiger partial charge >= 0.3 is 0 Å². The zero-order valence-corrected chi connectivity index (χ0v) is 12.6. The van der Waals surface area contributed by atoms with E-state index in [1.807, 2.05) is 12.1 Å². The topological polar surface area (TPSA) is 32.3 Å². The van der Waals surface area contributed by atoms with E-state index in [9.17, 15) is 4.79 Å². The molecule has 1 aromatic rings. The minimum atomic E-state index is 0.210. The molecule has 0 bridgehead atoms. The van der Waals surface area contributed by atoms with Crippen molar-refractivity contribution in [3.63, 3.8) is 0 Å². The smallest absolute Gasteiger partial charge is 0.264 e. The van der Waals surface area contributed by atoms with E-state index >= 15 is 0 Å². The number of carbonyl (C=O) groups excluding carboxylic acids is 1. The molecule has 2 aliphatic heterocycles. The zero-order valence-electron chi connectivity index (χ0n) is 10.2. The third-order valence-electron chi connectivity index (χ3n) is 3.91. The lowest BCUT2D eigenvalue weighted by atomic mass is 10.0. The highest BCUT2D eigenvalue weighted by Gasteiger charge is 2.36. The van der Waals surface area contributed by atoms with Crippen molar-refractivity contribution in [1.82, 2.24) is 10.2 Å². The van der Waals surface area contributed by atoms with Crippen LogP contribution in [0.3, 0.4) is 0 Å². The van der Waals surface area contributed by atoms with Crippen LogP contribution in [0.25, 0.3) is 0 Å². The fourth-order valence-corrected chi connectivity index (χ4v) is 4.42. The van der Waals surface area contributed by atoms with E-state index in [0.717, 1.165) is 34.6 Å². The van der Waals surface area contributed by atoms with Crippen molar-refractivity contribution in [1.29, 1.82) is 0 Å². The number of likely N-dealkylation sites (tertiary alicyclic amines) is 1. The Labute approximate surface area is 120 Å². The first-order chi connectivity index (χ1) is 8.75. The number of hydrogen-bond donors (Lipinski definition) is 1. The zero-order chi connectivity index (χ0) is 12.5. The van der Waals surface area contributed by atoms with Gasteiger partial charge in [-0.3, -0.25) is 4.79 Å². The van der Waals surface area contributed by atoms with Crippen LogP contribution in [0.5, 0.6) is 0 Å². The highest BCUT2D eigenvalue weighted by molar-refractivity contribution is 9.11. The molecule has 3 rings (SSSR count). The molecule has 0 aromatic carbocycles. The Hall–Kier alpha value is -0.390. The molecule has 5 heteroatoms. The summed E-state index contributed by atoms with van der Waals surface area (Å²) in [7, 11) is 0. The van der Waals surface area contributed by atoms with Gasteiger partial charge in [-0.15, -0.1) is 11.3 Å². The summed E-state index contributed by atoms with van der Waals surface area (Å²) in [6.07, 6.45) is 4.74. The fourth-order valence-electron chi connectivity index (χ4n) is 3.07. The number of thiophene rings is 1. The molecule has 1 N–H and O–H groups in total. The number of amides is 1. The van der Waals surface area contributed by atoms with E-state index in [1.54, 1.807) is 0 Å². The summed E-state index contributed by atoms with van der Waals surface area (Å²) in [5.74, 6) is 0.210. The first kappa shape index (κ1) is 12.6. The van der Waals surface area contributed by atoms with Crippen LogP contribution in [0.1, 0.15) is 35.4 Å². The molecule has 1 amide bonds. The molecule has 2 aliphatic rings. The third-order valence-corrected chi connectivity index (χ3v) is 5.52. The largest absolute Gasteiger partial charge is 0.333 e. The highest BCUT2D eigenvalue weighted by Crippen LogP contribution is 2.29. The average molecular weight is 329 g/mol. The number of hydrogen-bond acceptors (Lipinski definition) is 3. The summed E-state index contributed by atoms with van der Waals surface area (Å²) in [6.45, 7) is 2.02. The highest BCUT2D eigenvalue weighted by atomic mass is 79.9. The van der Waals surface area contributed by atoms with Crippen LogP contribution in [0.2, 0.25) is 0 Å². The molecule has 3 heterocycles. The number of halogens is 1. The summed E-state index contributed by atoms with van der Waals surface area (Å²) in [5, 5.41) is 3.54. The Kier molecular flexibility index (Phi) is 3.73. The Morgan fingerprint density at radius 3 is 2.94 bits per heavy atom. The summed E-state index contributed by atoms with van der Waals surface area (Å²) in [5.41, 5.74) is 0. The molecular weight excluding hydrogens is 312 g/mol. The van der Waals surface area contributed by atoms with Gasteiger partial charge in [-0.1, -0.05) is 0 Å². The van der Waals surface area contributed by atoms with E-state index in [1.165, 1.54) is 24.2 Å². The summed E-state index contributed by atoms with van der Waals surface area (Å²) in [4.78, 5) is 15.5. The van der Waals surface area contributed by atoms with Gasteiger partial charge in [0.25, 0.3) is 5.91 Å². The van der Waals surface area contributed by atoms with Crippen molar-refractivity contribution >= 4 is 33.2 Å². The number of rotatable bonds is 2. The van der Waals surface area contributed by atoms with Crippen LogP contribution in [-0.2, 0) is 0 Å². The Morgan fingerprint density at radius 1 is 1.39 bits per heavy atom. The first-order valence-electron chi connectivity index (χ1n) is 6.55. The van der Waals surface area contributed by atoms with Crippen molar-refractivity contribution in [2.24, 2.45) is 0 Å². The van der Waals surface area contributed by atoms with Crippen molar-refractivity contribution < 1.29 is 4.79 Å². The second kappa shape index (κ2) is 5.31. The second-order valence-corrected chi connectivity index (χ2v) is 7.48. The maximum absolute atomic E-state index is 12.5. The molecule has 2 saturated heterocycles. The molecule has 0 saturated carbocycles. The number of carbonyl (C=O) groups is 1. The number of nitrogens with zero attached hydrogens (tertiary/aromatic N) is 1. The van der Waals surface area contributed by atoms with Crippen molar-refractivity contribution in [2.45, 2.75) is 37.8 Å². The molecular formula is C13H17BrN2OS. The molecule has 3 nitrogen and oxygen atoms in total. The van der Waals surface area contributed by atoms with Crippen LogP contribution in [0, 0.1) is 0 Å². The Morgan fingerprint density at radius 2 is 2.28 bits per heavy atom. The number of nitrogens with one attached hydrogen (secondary N) is 1. The van der Waals surface area contributed by atoms with Crippen LogP contribution >= 0.6 is 27.3 Å². The Bertz CT molecular complexity index is 442. The third kappa shape index (κ3) is 2.36. The molecule has 0 aliphatic carbocycles. The van der Waals surface area contributed by atoms with Gasteiger partial charge in [0.1, 0.15) is 0 Å². The maximum atomic E-state index is 12.5. The average Bonchev–Trinajstić information content (AvgIpc) is 3.08. The van der Waals surface area contributed by atoms with Crippen molar-refractivity contribution in [2.75, 3.05) is 13.1 Å². The lowest BCUT2D eigenvalue weighted by Gasteiger charge is -2.29. The summed E-state index contributed by atoms with van der Waals surface area (Å²) in [6, 6.07) is 4.80. The van der Waals surface area contributed by atoms with Gasteiger partial charge < -0.3 is 10.2 Å². The maximum Gasteiger partial charge on any atom is 0.264 e. The minimum Gasteiger partial charge on any atom is -0.333 e. The van der Waals surface area contributed by atoms with Crippen LogP contribution in [-0.4, -0.2) is 36.0 Å². The van der Waals surface area contributed by atoms with Gasteiger partial charge in [0.2, 0.25) is 0 Å². The molecule has 2 unspecified atom stereocenters.